The molecule has 0 bridgehead atoms. The molecule has 1 fully saturated rings. The van der Waals surface area contributed by atoms with Gasteiger partial charge in [0.05, 0.1) is 45.8 Å². The molecule has 1 amide bonds. The van der Waals surface area contributed by atoms with Crippen LogP contribution < -0.4 is 15.9 Å². The summed E-state index contributed by atoms with van der Waals surface area (Å²) in [7, 11) is 0. The second kappa shape index (κ2) is 10.5. The SMILES string of the molecule is C=CC(=O)N1CCN2c3nc(=O)n(-c4c(C)ccnc4C(C)C)c4c(F)c(-c5c(C)ccc6[nH]ncc56)c(F)c(c34)NCC2C1. The van der Waals surface area contributed by atoms with E-state index < -0.39 is 17.3 Å². The first-order chi connectivity index (χ1) is 21.6. The highest BCUT2D eigenvalue weighted by molar-refractivity contribution is 6.07. The smallest absolute Gasteiger partial charge is 0.354 e. The van der Waals surface area contributed by atoms with Crippen molar-refractivity contribution in [3.8, 4) is 16.8 Å². The van der Waals surface area contributed by atoms with Crippen LogP contribution in [0.4, 0.5) is 20.3 Å². The Balaban J connectivity index is 1.62. The summed E-state index contributed by atoms with van der Waals surface area (Å²) in [5.74, 6) is -1.84. The van der Waals surface area contributed by atoms with Crippen LogP contribution in [-0.2, 0) is 4.79 Å². The average molecular weight is 611 g/mol. The van der Waals surface area contributed by atoms with Gasteiger partial charge in [0.25, 0.3) is 0 Å². The van der Waals surface area contributed by atoms with E-state index in [2.05, 4.69) is 32.1 Å². The lowest BCUT2D eigenvalue weighted by Crippen LogP contribution is -2.57. The number of amides is 1. The summed E-state index contributed by atoms with van der Waals surface area (Å²) in [6.07, 6.45) is 4.46. The van der Waals surface area contributed by atoms with Crippen molar-refractivity contribution in [2.75, 3.05) is 36.4 Å². The third-order valence-corrected chi connectivity index (χ3v) is 8.96. The number of piperazine rings is 1. The molecule has 5 heterocycles. The van der Waals surface area contributed by atoms with Crippen LogP contribution in [0.25, 0.3) is 38.6 Å². The van der Waals surface area contributed by atoms with Crippen molar-refractivity contribution in [2.45, 2.75) is 39.7 Å². The predicted molar refractivity (Wildman–Crippen MR) is 170 cm³/mol. The number of fused-ring (bicyclic) bond motifs is 3. The molecule has 12 heteroatoms. The fourth-order valence-electron chi connectivity index (χ4n) is 6.80. The van der Waals surface area contributed by atoms with Gasteiger partial charge < -0.3 is 15.1 Å². The molecule has 2 aromatic carbocycles. The first kappa shape index (κ1) is 28.6. The van der Waals surface area contributed by atoms with Crippen molar-refractivity contribution >= 4 is 39.2 Å². The number of aromatic amines is 1. The number of nitrogens with one attached hydrogen (secondary N) is 2. The minimum atomic E-state index is -0.887. The van der Waals surface area contributed by atoms with Gasteiger partial charge in [-0.25, -0.2) is 13.6 Å². The van der Waals surface area contributed by atoms with Gasteiger partial charge in [0.2, 0.25) is 5.91 Å². The van der Waals surface area contributed by atoms with Gasteiger partial charge >= 0.3 is 5.69 Å². The van der Waals surface area contributed by atoms with E-state index in [-0.39, 0.29) is 52.4 Å². The van der Waals surface area contributed by atoms with E-state index in [9.17, 15) is 9.59 Å². The lowest BCUT2D eigenvalue weighted by molar-refractivity contribution is -0.126. The van der Waals surface area contributed by atoms with Crippen molar-refractivity contribution < 1.29 is 13.6 Å². The molecule has 0 aliphatic carbocycles. The van der Waals surface area contributed by atoms with Gasteiger partial charge in [-0.05, 0) is 49.1 Å². The number of carbonyl (C=O) groups is 1. The minimum absolute atomic E-state index is 0.0428. The van der Waals surface area contributed by atoms with Crippen LogP contribution in [-0.4, -0.2) is 67.8 Å². The largest absolute Gasteiger partial charge is 0.380 e. The number of nitrogens with zero attached hydrogens (tertiary/aromatic N) is 6. The van der Waals surface area contributed by atoms with Gasteiger partial charge in [-0.2, -0.15) is 10.1 Å². The normalized spacial score (nSPS) is 16.2. The fraction of sp³-hybridized carbons (Fsp3) is 0.303. The van der Waals surface area contributed by atoms with Gasteiger partial charge in [0.15, 0.2) is 11.6 Å². The summed E-state index contributed by atoms with van der Waals surface area (Å²) in [6.45, 7) is 12.3. The van der Waals surface area contributed by atoms with E-state index in [0.29, 0.717) is 58.6 Å². The Bertz CT molecular complexity index is 2120. The number of anilines is 2. The molecule has 5 aromatic rings. The molecule has 230 valence electrons. The molecule has 1 atom stereocenters. The molecule has 7 rings (SSSR count). The highest BCUT2D eigenvalue weighted by Crippen LogP contribution is 2.46. The molecule has 1 saturated heterocycles. The second-order valence-electron chi connectivity index (χ2n) is 12.0. The van der Waals surface area contributed by atoms with E-state index in [1.807, 2.05) is 31.7 Å². The summed E-state index contributed by atoms with van der Waals surface area (Å²) >= 11 is 0. The number of hydrogen-bond acceptors (Lipinski definition) is 7. The average Bonchev–Trinajstić information content (AvgIpc) is 3.44. The third kappa shape index (κ3) is 4.22. The first-order valence-electron chi connectivity index (χ1n) is 14.9. The molecule has 2 aliphatic heterocycles. The fourth-order valence-corrected chi connectivity index (χ4v) is 6.80. The van der Waals surface area contributed by atoms with Crippen LogP contribution in [0.5, 0.6) is 0 Å². The molecule has 0 spiro atoms. The molecule has 2 N–H and O–H groups in total. The topological polar surface area (TPSA) is 112 Å². The van der Waals surface area contributed by atoms with Crippen LogP contribution in [0, 0.1) is 25.5 Å². The summed E-state index contributed by atoms with van der Waals surface area (Å²) < 4.78 is 35.8. The number of rotatable bonds is 4. The molecular formula is C33H32F2N8O2. The summed E-state index contributed by atoms with van der Waals surface area (Å²) in [5.41, 5.74) is 2.28. The monoisotopic (exact) mass is 610 g/mol. The Morgan fingerprint density at radius 1 is 1.11 bits per heavy atom. The van der Waals surface area contributed by atoms with Crippen LogP contribution in [0.2, 0.25) is 0 Å². The standard InChI is InChI=1S/C33H32F2N8O2/c1-6-22(44)41-11-12-42-19(15-41)13-37-29-25-31(27(35)24(26(29)34)23-17(4)7-8-21-20(23)14-38-40-21)43(33(45)39-32(25)42)30-18(5)9-10-36-28(30)16(2)3/h6-10,14,16,19,37H,1,11-13,15H2,2-5H3,(H,38,40). The zero-order valence-corrected chi connectivity index (χ0v) is 25.4. The number of hydrogen-bond donors (Lipinski definition) is 2. The number of pyridine rings is 1. The van der Waals surface area contributed by atoms with Gasteiger partial charge in [0.1, 0.15) is 11.3 Å². The van der Waals surface area contributed by atoms with Gasteiger partial charge in [0, 0.05) is 43.3 Å². The van der Waals surface area contributed by atoms with Crippen molar-refractivity contribution in [2.24, 2.45) is 0 Å². The first-order valence-corrected chi connectivity index (χ1v) is 14.9. The molecule has 10 nitrogen and oxygen atoms in total. The Morgan fingerprint density at radius 2 is 1.91 bits per heavy atom. The molecule has 3 aromatic heterocycles. The quantitative estimate of drug-likeness (QED) is 0.277. The zero-order chi connectivity index (χ0) is 31.7. The van der Waals surface area contributed by atoms with Crippen molar-refractivity contribution in [3.05, 3.63) is 82.2 Å². The highest BCUT2D eigenvalue weighted by atomic mass is 19.1. The van der Waals surface area contributed by atoms with Gasteiger partial charge in [-0.1, -0.05) is 26.5 Å². The Hall–Kier alpha value is -5.13. The van der Waals surface area contributed by atoms with E-state index in [0.717, 1.165) is 0 Å². The molecule has 0 radical (unpaired) electrons. The Labute approximate surface area is 257 Å². The number of benzene rings is 2. The summed E-state index contributed by atoms with van der Waals surface area (Å²) in [6, 6.07) is 4.99. The van der Waals surface area contributed by atoms with E-state index >= 15 is 8.78 Å². The van der Waals surface area contributed by atoms with Crippen LogP contribution in [0.3, 0.4) is 0 Å². The summed E-state index contributed by atoms with van der Waals surface area (Å²) in [5, 5.41) is 11.0. The molecule has 0 saturated carbocycles. The van der Waals surface area contributed by atoms with Crippen LogP contribution in [0.15, 0.2) is 48.0 Å². The van der Waals surface area contributed by atoms with Crippen molar-refractivity contribution in [1.82, 2.24) is 29.6 Å². The minimum Gasteiger partial charge on any atom is -0.380 e. The number of carbonyl (C=O) groups excluding carboxylic acids is 1. The summed E-state index contributed by atoms with van der Waals surface area (Å²) in [4.78, 5) is 39.4. The van der Waals surface area contributed by atoms with Crippen LogP contribution >= 0.6 is 0 Å². The molecule has 2 aliphatic rings. The lowest BCUT2D eigenvalue weighted by atomic mass is 9.93. The Morgan fingerprint density at radius 3 is 2.67 bits per heavy atom. The maximum Gasteiger partial charge on any atom is 0.354 e. The van der Waals surface area contributed by atoms with Crippen molar-refractivity contribution in [3.63, 3.8) is 0 Å². The van der Waals surface area contributed by atoms with Gasteiger partial charge in [-0.15, -0.1) is 0 Å². The number of aryl methyl sites for hydroxylation is 2. The van der Waals surface area contributed by atoms with Crippen molar-refractivity contribution in [1.29, 1.82) is 0 Å². The predicted octanol–water partition coefficient (Wildman–Crippen LogP) is 4.97. The molecule has 45 heavy (non-hydrogen) atoms. The molecular weight excluding hydrogens is 578 g/mol. The number of H-pyrrole nitrogens is 1. The Kier molecular flexibility index (Phi) is 6.68. The lowest BCUT2D eigenvalue weighted by Gasteiger charge is -2.41. The second-order valence-corrected chi connectivity index (χ2v) is 12.0. The van der Waals surface area contributed by atoms with E-state index in [1.54, 1.807) is 36.4 Å². The van der Waals surface area contributed by atoms with E-state index in [4.69, 9.17) is 0 Å². The van der Waals surface area contributed by atoms with Crippen LogP contribution in [0.1, 0.15) is 36.6 Å². The number of aromatic nitrogens is 5. The zero-order valence-electron chi connectivity index (χ0n) is 25.4. The maximum atomic E-state index is 17.5. The third-order valence-electron chi connectivity index (χ3n) is 8.96. The van der Waals surface area contributed by atoms with E-state index in [1.165, 1.54) is 10.6 Å². The van der Waals surface area contributed by atoms with Gasteiger partial charge in [-0.3, -0.25) is 19.4 Å². The molecule has 1 unspecified atom stereocenters. The number of halogens is 2. The highest BCUT2D eigenvalue weighted by Gasteiger charge is 2.38. The maximum absolute atomic E-state index is 17.5.